The van der Waals surface area contributed by atoms with Crippen LogP contribution in [0.25, 0.3) is 0 Å². The molecule has 134 valence electrons. The lowest BCUT2D eigenvalue weighted by Gasteiger charge is -2.35. The van der Waals surface area contributed by atoms with Gasteiger partial charge in [0, 0.05) is 0 Å². The SMILES string of the molecule is CCCCC(C)C(C)(C)OC(C)COC(C)COC(C)CO. The van der Waals surface area contributed by atoms with Crippen LogP contribution >= 0.6 is 0 Å². The van der Waals surface area contributed by atoms with Gasteiger partial charge in [0.1, 0.15) is 0 Å². The number of hydrogen-bond donors (Lipinski definition) is 1. The van der Waals surface area contributed by atoms with Crippen molar-refractivity contribution in [3.63, 3.8) is 0 Å². The number of rotatable bonds is 13. The Morgan fingerprint density at radius 1 is 0.909 bits per heavy atom. The van der Waals surface area contributed by atoms with Gasteiger partial charge in [-0.15, -0.1) is 0 Å². The molecule has 0 aliphatic rings. The molecule has 0 radical (unpaired) electrons. The number of ether oxygens (including phenoxy) is 3. The van der Waals surface area contributed by atoms with Gasteiger partial charge in [-0.2, -0.15) is 0 Å². The van der Waals surface area contributed by atoms with Crippen LogP contribution in [0.4, 0.5) is 0 Å². The molecule has 0 heterocycles. The summed E-state index contributed by atoms with van der Waals surface area (Å²) in [6.07, 6.45) is 3.58. The van der Waals surface area contributed by atoms with E-state index in [4.69, 9.17) is 19.3 Å². The quantitative estimate of drug-likeness (QED) is 0.561. The Hall–Kier alpha value is -0.160. The number of aliphatic hydroxyl groups is 1. The molecule has 0 aromatic heterocycles. The van der Waals surface area contributed by atoms with Gasteiger partial charge in [-0.05, 0) is 47.0 Å². The van der Waals surface area contributed by atoms with Gasteiger partial charge < -0.3 is 19.3 Å². The summed E-state index contributed by atoms with van der Waals surface area (Å²) in [6, 6.07) is 0. The second kappa shape index (κ2) is 11.4. The molecule has 0 spiro atoms. The minimum absolute atomic E-state index is 0.000627. The monoisotopic (exact) mass is 318 g/mol. The van der Waals surface area contributed by atoms with Crippen molar-refractivity contribution < 1.29 is 19.3 Å². The largest absolute Gasteiger partial charge is 0.394 e. The Bertz CT molecular complexity index is 268. The Morgan fingerprint density at radius 3 is 2.00 bits per heavy atom. The fourth-order valence-electron chi connectivity index (χ4n) is 2.23. The van der Waals surface area contributed by atoms with Gasteiger partial charge >= 0.3 is 0 Å². The van der Waals surface area contributed by atoms with E-state index in [1.54, 1.807) is 0 Å². The average Bonchev–Trinajstić information content (AvgIpc) is 2.47. The van der Waals surface area contributed by atoms with Crippen molar-refractivity contribution in [2.75, 3.05) is 19.8 Å². The fourth-order valence-corrected chi connectivity index (χ4v) is 2.23. The van der Waals surface area contributed by atoms with Crippen molar-refractivity contribution in [1.82, 2.24) is 0 Å². The third-order valence-electron chi connectivity index (χ3n) is 4.17. The van der Waals surface area contributed by atoms with Gasteiger partial charge in [0.05, 0.1) is 43.7 Å². The van der Waals surface area contributed by atoms with Crippen molar-refractivity contribution >= 4 is 0 Å². The third-order valence-corrected chi connectivity index (χ3v) is 4.17. The zero-order valence-corrected chi connectivity index (χ0v) is 15.7. The minimum Gasteiger partial charge on any atom is -0.394 e. The van der Waals surface area contributed by atoms with Crippen LogP contribution in [0.15, 0.2) is 0 Å². The predicted octanol–water partition coefficient (Wildman–Crippen LogP) is 3.80. The molecule has 4 nitrogen and oxygen atoms in total. The van der Waals surface area contributed by atoms with Crippen LogP contribution in [0.3, 0.4) is 0 Å². The smallest absolute Gasteiger partial charge is 0.0788 e. The lowest BCUT2D eigenvalue weighted by Crippen LogP contribution is -2.38. The van der Waals surface area contributed by atoms with Crippen molar-refractivity contribution in [3.05, 3.63) is 0 Å². The highest BCUT2D eigenvalue weighted by molar-refractivity contribution is 4.77. The first-order valence-corrected chi connectivity index (χ1v) is 8.74. The van der Waals surface area contributed by atoms with Gasteiger partial charge in [0.2, 0.25) is 0 Å². The van der Waals surface area contributed by atoms with E-state index in [1.807, 2.05) is 13.8 Å². The van der Waals surface area contributed by atoms with E-state index in [1.165, 1.54) is 19.3 Å². The van der Waals surface area contributed by atoms with Crippen LogP contribution < -0.4 is 0 Å². The summed E-state index contributed by atoms with van der Waals surface area (Å²) in [4.78, 5) is 0. The van der Waals surface area contributed by atoms with Crippen molar-refractivity contribution in [2.24, 2.45) is 5.92 Å². The lowest BCUT2D eigenvalue weighted by molar-refractivity contribution is -0.134. The summed E-state index contributed by atoms with van der Waals surface area (Å²) in [7, 11) is 0. The van der Waals surface area contributed by atoms with E-state index in [2.05, 4.69) is 34.6 Å². The highest BCUT2D eigenvalue weighted by Crippen LogP contribution is 2.27. The number of unbranched alkanes of at least 4 members (excludes halogenated alkanes) is 1. The summed E-state index contributed by atoms with van der Waals surface area (Å²) in [5.41, 5.74) is -0.136. The number of hydrogen-bond acceptors (Lipinski definition) is 4. The molecule has 0 aromatic carbocycles. The summed E-state index contributed by atoms with van der Waals surface area (Å²) < 4.78 is 17.4. The molecule has 4 heteroatoms. The van der Waals surface area contributed by atoms with E-state index in [9.17, 15) is 0 Å². The van der Waals surface area contributed by atoms with Gasteiger partial charge in [0.25, 0.3) is 0 Å². The molecule has 0 aromatic rings. The van der Waals surface area contributed by atoms with Crippen LogP contribution in [0.5, 0.6) is 0 Å². The topological polar surface area (TPSA) is 47.9 Å². The Kier molecular flexibility index (Phi) is 11.3. The molecule has 0 aliphatic heterocycles. The maximum atomic E-state index is 8.92. The standard InChI is InChI=1S/C18H38O4/c1-8-9-10-14(2)18(6,7)22-17(5)13-21-16(4)12-20-15(3)11-19/h14-17,19H,8-13H2,1-7H3. The van der Waals surface area contributed by atoms with E-state index >= 15 is 0 Å². The second-order valence-electron chi connectivity index (χ2n) is 7.05. The van der Waals surface area contributed by atoms with Crippen LogP contribution in [0.1, 0.15) is 67.7 Å². The molecular weight excluding hydrogens is 280 g/mol. The summed E-state index contributed by atoms with van der Waals surface area (Å²) >= 11 is 0. The lowest BCUT2D eigenvalue weighted by atomic mass is 9.88. The first kappa shape index (κ1) is 21.8. The van der Waals surface area contributed by atoms with Crippen molar-refractivity contribution in [2.45, 2.75) is 91.6 Å². The molecular formula is C18H38O4. The van der Waals surface area contributed by atoms with Gasteiger partial charge in [-0.25, -0.2) is 0 Å². The second-order valence-corrected chi connectivity index (χ2v) is 7.05. The molecule has 4 unspecified atom stereocenters. The van der Waals surface area contributed by atoms with Crippen LogP contribution in [-0.4, -0.2) is 48.8 Å². The van der Waals surface area contributed by atoms with Crippen molar-refractivity contribution in [1.29, 1.82) is 0 Å². The van der Waals surface area contributed by atoms with Gasteiger partial charge in [-0.3, -0.25) is 0 Å². The summed E-state index contributed by atoms with van der Waals surface area (Å²) in [5.74, 6) is 0.529. The molecule has 0 amide bonds. The average molecular weight is 318 g/mol. The molecule has 22 heavy (non-hydrogen) atoms. The minimum atomic E-state index is -0.141. The van der Waals surface area contributed by atoms with Crippen LogP contribution in [0, 0.1) is 5.92 Å². The molecule has 0 bridgehead atoms. The molecule has 0 saturated heterocycles. The molecule has 0 rings (SSSR count). The first-order valence-electron chi connectivity index (χ1n) is 8.74. The van der Waals surface area contributed by atoms with E-state index in [0.29, 0.717) is 19.1 Å². The normalized spacial score (nSPS) is 18.0. The Balaban J connectivity index is 4.03. The maximum absolute atomic E-state index is 8.92. The first-order chi connectivity index (χ1) is 10.2. The van der Waals surface area contributed by atoms with E-state index in [0.717, 1.165) is 0 Å². The van der Waals surface area contributed by atoms with Crippen LogP contribution in [-0.2, 0) is 14.2 Å². The highest BCUT2D eigenvalue weighted by atomic mass is 16.6. The maximum Gasteiger partial charge on any atom is 0.0788 e. The Morgan fingerprint density at radius 2 is 1.45 bits per heavy atom. The molecule has 0 saturated carbocycles. The summed E-state index contributed by atoms with van der Waals surface area (Å²) in [6.45, 7) is 15.8. The van der Waals surface area contributed by atoms with Crippen LogP contribution in [0.2, 0.25) is 0 Å². The molecule has 1 N–H and O–H groups in total. The van der Waals surface area contributed by atoms with Gasteiger partial charge in [-0.1, -0.05) is 26.7 Å². The highest BCUT2D eigenvalue weighted by Gasteiger charge is 2.28. The third kappa shape index (κ3) is 9.78. The Labute approximate surface area is 137 Å². The zero-order chi connectivity index (χ0) is 17.2. The molecule has 4 atom stereocenters. The molecule has 0 fully saturated rings. The number of aliphatic hydroxyl groups excluding tert-OH is 1. The summed E-state index contributed by atoms with van der Waals surface area (Å²) in [5, 5.41) is 8.92. The van der Waals surface area contributed by atoms with E-state index < -0.39 is 0 Å². The van der Waals surface area contributed by atoms with E-state index in [-0.39, 0.29) is 30.5 Å². The predicted molar refractivity (Wildman–Crippen MR) is 91.2 cm³/mol. The fraction of sp³-hybridized carbons (Fsp3) is 1.00. The zero-order valence-electron chi connectivity index (χ0n) is 15.7. The molecule has 0 aliphatic carbocycles. The van der Waals surface area contributed by atoms with Gasteiger partial charge in [0.15, 0.2) is 0 Å². The van der Waals surface area contributed by atoms with Crippen molar-refractivity contribution in [3.8, 4) is 0 Å².